The van der Waals surface area contributed by atoms with Crippen LogP contribution in [0.2, 0.25) is 0 Å². The minimum Gasteiger partial charge on any atom is -0.389 e. The van der Waals surface area contributed by atoms with Gasteiger partial charge in [0, 0.05) is 24.2 Å². The maximum atomic E-state index is 10.1. The average molecular weight is 228 g/mol. The smallest absolute Gasteiger partial charge is 0.0794 e. The minimum absolute atomic E-state index is 0.312. The number of rotatable bonds is 6. The van der Waals surface area contributed by atoms with Gasteiger partial charge in [0.25, 0.3) is 0 Å². The van der Waals surface area contributed by atoms with Crippen molar-refractivity contribution in [3.63, 3.8) is 0 Å². The van der Waals surface area contributed by atoms with Gasteiger partial charge in [0.05, 0.1) is 11.1 Å². The summed E-state index contributed by atoms with van der Waals surface area (Å²) in [4.78, 5) is 5.21. The third-order valence-electron chi connectivity index (χ3n) is 2.94. The molecule has 4 heteroatoms. The second kappa shape index (κ2) is 5.58. The number of aliphatic hydroxyl groups is 1. The lowest BCUT2D eigenvalue weighted by Crippen LogP contribution is -2.42. The van der Waals surface area contributed by atoms with Crippen LogP contribution in [0.15, 0.2) is 11.7 Å². The fourth-order valence-electron chi connectivity index (χ4n) is 1.38. The van der Waals surface area contributed by atoms with Crippen molar-refractivity contribution in [1.82, 2.24) is 10.3 Å². The molecule has 86 valence electrons. The van der Waals surface area contributed by atoms with Crippen LogP contribution in [0, 0.1) is 5.92 Å². The van der Waals surface area contributed by atoms with E-state index < -0.39 is 5.60 Å². The van der Waals surface area contributed by atoms with E-state index in [4.69, 9.17) is 0 Å². The van der Waals surface area contributed by atoms with Crippen molar-refractivity contribution < 1.29 is 5.11 Å². The maximum Gasteiger partial charge on any atom is 0.0794 e. The van der Waals surface area contributed by atoms with E-state index in [1.165, 1.54) is 4.88 Å². The molecular formula is C11H20N2OS. The molecule has 0 radical (unpaired) electrons. The van der Waals surface area contributed by atoms with E-state index in [0.717, 1.165) is 13.0 Å². The zero-order chi connectivity index (χ0) is 11.3. The van der Waals surface area contributed by atoms with E-state index in [1.54, 1.807) is 11.3 Å². The van der Waals surface area contributed by atoms with Gasteiger partial charge in [-0.2, -0.15) is 0 Å². The molecule has 0 aromatic carbocycles. The van der Waals surface area contributed by atoms with Gasteiger partial charge in [0.2, 0.25) is 0 Å². The second-order valence-corrected chi connectivity index (χ2v) is 5.21. The van der Waals surface area contributed by atoms with Gasteiger partial charge in [-0.1, -0.05) is 20.3 Å². The number of hydrogen-bond donors (Lipinski definition) is 2. The third kappa shape index (κ3) is 3.89. The van der Waals surface area contributed by atoms with Gasteiger partial charge in [-0.05, 0) is 12.8 Å². The van der Waals surface area contributed by atoms with E-state index in [2.05, 4.69) is 24.1 Å². The fraction of sp³-hybridized carbons (Fsp3) is 0.727. The summed E-state index contributed by atoms with van der Waals surface area (Å²) in [5.74, 6) is 0.312. The Bertz CT molecular complexity index is 272. The molecule has 3 nitrogen and oxygen atoms in total. The number of nitrogens with one attached hydrogen (secondary N) is 1. The molecule has 0 amide bonds. The SMILES string of the molecule is CCC(C)C(C)(O)CNCc1cncs1. The summed E-state index contributed by atoms with van der Waals surface area (Å²) in [6, 6.07) is 0. The highest BCUT2D eigenvalue weighted by Gasteiger charge is 2.26. The highest BCUT2D eigenvalue weighted by molar-refractivity contribution is 7.09. The summed E-state index contributed by atoms with van der Waals surface area (Å²) in [6.45, 7) is 7.48. The molecular weight excluding hydrogens is 208 g/mol. The normalized spacial score (nSPS) is 17.3. The monoisotopic (exact) mass is 228 g/mol. The third-order valence-corrected chi connectivity index (χ3v) is 3.72. The molecule has 15 heavy (non-hydrogen) atoms. The van der Waals surface area contributed by atoms with Crippen LogP contribution in [-0.2, 0) is 6.54 Å². The lowest BCUT2D eigenvalue weighted by molar-refractivity contribution is 0.00539. The zero-order valence-corrected chi connectivity index (χ0v) is 10.5. The first kappa shape index (κ1) is 12.6. The molecule has 0 aliphatic carbocycles. The average Bonchev–Trinajstić information content (AvgIpc) is 2.69. The van der Waals surface area contributed by atoms with Crippen molar-refractivity contribution in [3.05, 3.63) is 16.6 Å². The molecule has 0 saturated carbocycles. The van der Waals surface area contributed by atoms with Crippen LogP contribution < -0.4 is 5.32 Å². The van der Waals surface area contributed by atoms with Gasteiger partial charge in [-0.25, -0.2) is 0 Å². The van der Waals surface area contributed by atoms with Crippen LogP contribution in [0.3, 0.4) is 0 Å². The molecule has 1 heterocycles. The Morgan fingerprint density at radius 2 is 2.40 bits per heavy atom. The summed E-state index contributed by atoms with van der Waals surface area (Å²) < 4.78 is 0. The van der Waals surface area contributed by atoms with Crippen LogP contribution in [0.1, 0.15) is 32.1 Å². The van der Waals surface area contributed by atoms with Crippen molar-refractivity contribution in [3.8, 4) is 0 Å². The zero-order valence-electron chi connectivity index (χ0n) is 9.66. The molecule has 2 unspecified atom stereocenters. The second-order valence-electron chi connectivity index (χ2n) is 4.24. The Kier molecular flexibility index (Phi) is 4.70. The van der Waals surface area contributed by atoms with Crippen LogP contribution in [0.25, 0.3) is 0 Å². The van der Waals surface area contributed by atoms with Crippen molar-refractivity contribution in [2.24, 2.45) is 5.92 Å². The summed E-state index contributed by atoms with van der Waals surface area (Å²) in [7, 11) is 0. The quantitative estimate of drug-likeness (QED) is 0.783. The van der Waals surface area contributed by atoms with E-state index in [1.807, 2.05) is 18.6 Å². The van der Waals surface area contributed by atoms with Crippen molar-refractivity contribution in [1.29, 1.82) is 0 Å². The first-order chi connectivity index (χ1) is 7.06. The predicted octanol–water partition coefficient (Wildman–Crippen LogP) is 2.03. The van der Waals surface area contributed by atoms with E-state index in [0.29, 0.717) is 12.5 Å². The molecule has 0 spiro atoms. The highest BCUT2D eigenvalue weighted by atomic mass is 32.1. The topological polar surface area (TPSA) is 45.1 Å². The van der Waals surface area contributed by atoms with Crippen LogP contribution >= 0.6 is 11.3 Å². The lowest BCUT2D eigenvalue weighted by Gasteiger charge is -2.29. The van der Waals surface area contributed by atoms with Crippen molar-refractivity contribution in [2.45, 2.75) is 39.3 Å². The molecule has 0 aliphatic heterocycles. The van der Waals surface area contributed by atoms with Gasteiger partial charge < -0.3 is 10.4 Å². The Morgan fingerprint density at radius 3 is 2.93 bits per heavy atom. The number of nitrogens with zero attached hydrogens (tertiary/aromatic N) is 1. The first-order valence-corrected chi connectivity index (χ1v) is 6.24. The van der Waals surface area contributed by atoms with Gasteiger partial charge in [0.1, 0.15) is 0 Å². The maximum absolute atomic E-state index is 10.1. The Labute approximate surface area is 95.6 Å². The molecule has 2 N–H and O–H groups in total. The Morgan fingerprint density at radius 1 is 1.67 bits per heavy atom. The van der Waals surface area contributed by atoms with E-state index in [9.17, 15) is 5.11 Å². The summed E-state index contributed by atoms with van der Waals surface area (Å²) >= 11 is 1.63. The van der Waals surface area contributed by atoms with Crippen LogP contribution in [0.5, 0.6) is 0 Å². The lowest BCUT2D eigenvalue weighted by atomic mass is 9.89. The van der Waals surface area contributed by atoms with Gasteiger partial charge in [-0.15, -0.1) is 11.3 Å². The van der Waals surface area contributed by atoms with Gasteiger partial charge in [-0.3, -0.25) is 4.98 Å². The van der Waals surface area contributed by atoms with E-state index in [-0.39, 0.29) is 0 Å². The molecule has 2 atom stereocenters. The van der Waals surface area contributed by atoms with E-state index >= 15 is 0 Å². The molecule has 0 aliphatic rings. The molecule has 1 aromatic heterocycles. The Balaban J connectivity index is 2.30. The molecule has 1 aromatic rings. The van der Waals surface area contributed by atoms with Crippen LogP contribution in [0.4, 0.5) is 0 Å². The highest BCUT2D eigenvalue weighted by Crippen LogP contribution is 2.19. The molecule has 0 saturated heterocycles. The Hall–Kier alpha value is -0.450. The number of hydrogen-bond acceptors (Lipinski definition) is 4. The van der Waals surface area contributed by atoms with Crippen molar-refractivity contribution >= 4 is 11.3 Å². The molecule has 0 fully saturated rings. The molecule has 0 bridgehead atoms. The minimum atomic E-state index is -0.626. The summed E-state index contributed by atoms with van der Waals surface area (Å²) in [6.07, 6.45) is 2.85. The number of thiazole rings is 1. The van der Waals surface area contributed by atoms with Crippen molar-refractivity contribution in [2.75, 3.05) is 6.54 Å². The summed E-state index contributed by atoms with van der Waals surface area (Å²) in [5.41, 5.74) is 1.20. The van der Waals surface area contributed by atoms with Gasteiger partial charge in [0.15, 0.2) is 0 Å². The fourth-order valence-corrected chi connectivity index (χ4v) is 1.95. The predicted molar refractivity (Wildman–Crippen MR) is 63.9 cm³/mol. The molecule has 1 rings (SSSR count). The van der Waals surface area contributed by atoms with Crippen LogP contribution in [-0.4, -0.2) is 22.2 Å². The first-order valence-electron chi connectivity index (χ1n) is 5.36. The summed E-state index contributed by atoms with van der Waals surface area (Å²) in [5, 5.41) is 13.4. The standard InChI is InChI=1S/C11H20N2OS/c1-4-9(2)11(3,14)7-12-5-10-6-13-8-15-10/h6,8-9,12,14H,4-5,7H2,1-3H3. The number of aromatic nitrogens is 1. The largest absolute Gasteiger partial charge is 0.389 e. The van der Waals surface area contributed by atoms with Gasteiger partial charge >= 0.3 is 0 Å².